The predicted molar refractivity (Wildman–Crippen MR) is 101 cm³/mol. The first-order chi connectivity index (χ1) is 12.5. The number of nitrogens with one attached hydrogen (secondary N) is 2. The number of fused-ring (bicyclic) bond motifs is 2. The van der Waals surface area contributed by atoms with E-state index in [0.717, 1.165) is 23.4 Å². The van der Waals surface area contributed by atoms with E-state index < -0.39 is 0 Å². The van der Waals surface area contributed by atoms with Crippen molar-refractivity contribution in [2.24, 2.45) is 0 Å². The average Bonchev–Trinajstić information content (AvgIpc) is 3.00. The molecule has 0 aliphatic carbocycles. The zero-order valence-corrected chi connectivity index (χ0v) is 15.8. The minimum Gasteiger partial charge on any atom is -0.394 e. The highest BCUT2D eigenvalue weighted by atomic mass is 35.5. The molecule has 26 heavy (non-hydrogen) atoms. The van der Waals surface area contributed by atoms with Crippen molar-refractivity contribution in [2.45, 2.75) is 25.4 Å². The molecule has 4 rings (SSSR count). The summed E-state index contributed by atoms with van der Waals surface area (Å²) >= 11 is 12.0. The second-order valence-electron chi connectivity index (χ2n) is 6.83. The number of benzene rings is 1. The third-order valence-corrected chi connectivity index (χ3v) is 5.88. The van der Waals surface area contributed by atoms with Gasteiger partial charge in [-0.25, -0.2) is 0 Å². The maximum atomic E-state index is 13.0. The highest BCUT2D eigenvalue weighted by Gasteiger charge is 2.39. The fraction of sp³-hybridized carbons (Fsp3) is 0.389. The van der Waals surface area contributed by atoms with Crippen LogP contribution >= 0.6 is 23.2 Å². The molecule has 3 aliphatic rings. The number of aliphatic hydroxyl groups excluding tert-OH is 1. The summed E-state index contributed by atoms with van der Waals surface area (Å²) < 4.78 is 0. The van der Waals surface area contributed by atoms with Gasteiger partial charge in [-0.1, -0.05) is 23.2 Å². The fourth-order valence-corrected chi connectivity index (χ4v) is 3.99. The van der Waals surface area contributed by atoms with E-state index in [1.165, 1.54) is 0 Å². The molecule has 0 radical (unpaired) electrons. The number of hydrazine groups is 1. The van der Waals surface area contributed by atoms with E-state index in [2.05, 4.69) is 10.7 Å². The molecule has 1 aromatic rings. The Labute approximate surface area is 162 Å². The molecule has 3 N–H and O–H groups in total. The molecule has 1 unspecified atom stereocenters. The first-order valence-corrected chi connectivity index (χ1v) is 9.34. The summed E-state index contributed by atoms with van der Waals surface area (Å²) in [5.74, 6) is -0.0656. The zero-order chi connectivity index (χ0) is 18.4. The molecule has 3 aliphatic heterocycles. The maximum absolute atomic E-state index is 13.0. The molecule has 0 saturated carbocycles. The van der Waals surface area contributed by atoms with Crippen LogP contribution in [0.2, 0.25) is 10.0 Å². The van der Waals surface area contributed by atoms with Gasteiger partial charge >= 0.3 is 0 Å². The number of aliphatic hydroxyl groups is 1. The Balaban J connectivity index is 1.60. The zero-order valence-electron chi connectivity index (χ0n) is 14.3. The van der Waals surface area contributed by atoms with Crippen molar-refractivity contribution in [3.05, 3.63) is 57.0 Å². The number of rotatable bonds is 2. The smallest absolute Gasteiger partial charge is 0.254 e. The van der Waals surface area contributed by atoms with Crippen molar-refractivity contribution in [2.75, 3.05) is 19.7 Å². The lowest BCUT2D eigenvalue weighted by atomic mass is 9.98. The summed E-state index contributed by atoms with van der Waals surface area (Å²) in [5.41, 5.74) is 7.13. The Hall–Kier alpha value is -1.89. The summed E-state index contributed by atoms with van der Waals surface area (Å²) in [7, 11) is 0. The van der Waals surface area contributed by atoms with E-state index in [1.807, 2.05) is 23.0 Å². The fourth-order valence-electron chi connectivity index (χ4n) is 3.69. The molecule has 2 atom stereocenters. The topological polar surface area (TPSA) is 67.8 Å². The van der Waals surface area contributed by atoms with Gasteiger partial charge in [0.1, 0.15) is 0 Å². The number of hydrogen-bond donors (Lipinski definition) is 3. The molecule has 1 aromatic carbocycles. The van der Waals surface area contributed by atoms with Crippen LogP contribution in [0.3, 0.4) is 0 Å². The lowest BCUT2D eigenvalue weighted by molar-refractivity contribution is 0.0698. The summed E-state index contributed by atoms with van der Waals surface area (Å²) in [6.45, 7) is 3.27. The van der Waals surface area contributed by atoms with Crippen LogP contribution in [0.25, 0.3) is 0 Å². The number of carbonyl (C=O) groups excluding carboxylic acids is 1. The number of amides is 1. The van der Waals surface area contributed by atoms with Crippen LogP contribution in [-0.2, 0) is 0 Å². The van der Waals surface area contributed by atoms with Gasteiger partial charge in [0.2, 0.25) is 0 Å². The van der Waals surface area contributed by atoms with Gasteiger partial charge < -0.3 is 20.7 Å². The number of nitrogens with zero attached hydrogens (tertiary/aromatic N) is 2. The Morgan fingerprint density at radius 3 is 2.88 bits per heavy atom. The Morgan fingerprint density at radius 2 is 2.15 bits per heavy atom. The molecule has 138 valence electrons. The third-order valence-electron chi connectivity index (χ3n) is 5.14. The molecule has 0 fully saturated rings. The normalized spacial score (nSPS) is 24.5. The highest BCUT2D eigenvalue weighted by Crippen LogP contribution is 2.35. The third kappa shape index (κ3) is 2.82. The monoisotopic (exact) mass is 394 g/mol. The molecule has 8 heteroatoms. The van der Waals surface area contributed by atoms with Crippen LogP contribution < -0.4 is 10.7 Å². The van der Waals surface area contributed by atoms with Crippen LogP contribution in [0.15, 0.2) is 41.4 Å². The largest absolute Gasteiger partial charge is 0.394 e. The predicted octanol–water partition coefficient (Wildman–Crippen LogP) is 2.11. The highest BCUT2D eigenvalue weighted by molar-refractivity contribution is 6.42. The van der Waals surface area contributed by atoms with Gasteiger partial charge in [-0.15, -0.1) is 0 Å². The van der Waals surface area contributed by atoms with Crippen molar-refractivity contribution in [1.29, 1.82) is 0 Å². The first kappa shape index (κ1) is 17.5. The van der Waals surface area contributed by atoms with Crippen LogP contribution in [0.4, 0.5) is 0 Å². The van der Waals surface area contributed by atoms with E-state index in [-0.39, 0.29) is 24.6 Å². The van der Waals surface area contributed by atoms with E-state index in [1.54, 1.807) is 18.2 Å². The van der Waals surface area contributed by atoms with Gasteiger partial charge in [-0.2, -0.15) is 0 Å². The van der Waals surface area contributed by atoms with Gasteiger partial charge in [0.15, 0.2) is 0 Å². The second kappa shape index (κ2) is 6.68. The van der Waals surface area contributed by atoms with E-state index in [9.17, 15) is 9.90 Å². The SMILES string of the molecule is CC1CC2=C(CN1C(=O)c1ccc(Cl)c(Cl)c1)C1=CNC[C@@H](CO)N1N2. The molecule has 1 amide bonds. The van der Waals surface area contributed by atoms with Crippen LogP contribution in [0.5, 0.6) is 0 Å². The summed E-state index contributed by atoms with van der Waals surface area (Å²) in [6.07, 6.45) is 2.67. The summed E-state index contributed by atoms with van der Waals surface area (Å²) in [4.78, 5) is 14.9. The molecular formula is C18H20Cl2N4O2. The van der Waals surface area contributed by atoms with Crippen molar-refractivity contribution in [1.82, 2.24) is 20.7 Å². The van der Waals surface area contributed by atoms with Crippen LogP contribution in [-0.4, -0.2) is 52.7 Å². The van der Waals surface area contributed by atoms with Crippen LogP contribution in [0, 0.1) is 0 Å². The number of carbonyl (C=O) groups is 1. The molecule has 3 heterocycles. The van der Waals surface area contributed by atoms with E-state index in [4.69, 9.17) is 23.2 Å². The lowest BCUT2D eigenvalue weighted by Crippen LogP contribution is -2.50. The molecule has 0 saturated heterocycles. The summed E-state index contributed by atoms with van der Waals surface area (Å²) in [5, 5.41) is 15.6. The second-order valence-corrected chi connectivity index (χ2v) is 7.64. The van der Waals surface area contributed by atoms with Crippen molar-refractivity contribution in [3.8, 4) is 0 Å². The summed E-state index contributed by atoms with van der Waals surface area (Å²) in [6, 6.07) is 4.98. The minimum absolute atomic E-state index is 0.0323. The van der Waals surface area contributed by atoms with E-state index >= 15 is 0 Å². The molecule has 6 nitrogen and oxygen atoms in total. The quantitative estimate of drug-likeness (QED) is 0.716. The van der Waals surface area contributed by atoms with Gasteiger partial charge in [-0.3, -0.25) is 9.80 Å². The van der Waals surface area contributed by atoms with Crippen LogP contribution in [0.1, 0.15) is 23.7 Å². The lowest BCUT2D eigenvalue weighted by Gasteiger charge is -2.34. The maximum Gasteiger partial charge on any atom is 0.254 e. The molecule has 0 bridgehead atoms. The molecule has 0 spiro atoms. The number of halogens is 2. The minimum atomic E-state index is -0.0656. The van der Waals surface area contributed by atoms with Gasteiger partial charge in [0.25, 0.3) is 5.91 Å². The Bertz CT molecular complexity index is 823. The van der Waals surface area contributed by atoms with Crippen molar-refractivity contribution in [3.63, 3.8) is 0 Å². The van der Waals surface area contributed by atoms with Gasteiger partial charge in [0.05, 0.1) is 34.9 Å². The average molecular weight is 395 g/mol. The number of hydrogen-bond acceptors (Lipinski definition) is 5. The first-order valence-electron chi connectivity index (χ1n) is 8.58. The van der Waals surface area contributed by atoms with Crippen molar-refractivity contribution >= 4 is 29.1 Å². The molecular weight excluding hydrogens is 375 g/mol. The Morgan fingerprint density at radius 1 is 1.35 bits per heavy atom. The van der Waals surface area contributed by atoms with Gasteiger partial charge in [-0.05, 0) is 25.1 Å². The van der Waals surface area contributed by atoms with Crippen molar-refractivity contribution < 1.29 is 9.90 Å². The Kier molecular flexibility index (Phi) is 4.50. The molecule has 0 aromatic heterocycles. The van der Waals surface area contributed by atoms with E-state index in [0.29, 0.717) is 28.7 Å². The van der Waals surface area contributed by atoms with Gasteiger partial charge in [0, 0.05) is 42.0 Å². The standard InChI is InChI=1S/C18H20Cl2N4O2/c1-10-4-16-13(17-7-21-6-12(9-25)24(17)22-16)8-23(10)18(26)11-2-3-14(19)15(20)5-11/h2-3,5,7,10,12,21-22,25H,4,6,8-9H2,1H3/t10?,12-/m0/s1.